The van der Waals surface area contributed by atoms with Crippen LogP contribution in [0, 0.1) is 20.9 Å². The molecule has 0 atom stereocenters. The van der Waals surface area contributed by atoms with E-state index >= 15 is 0 Å². The van der Waals surface area contributed by atoms with E-state index in [4.69, 9.17) is 0 Å². The van der Waals surface area contributed by atoms with Crippen LogP contribution in [0.4, 0.5) is 0 Å². The fourth-order valence-corrected chi connectivity index (χ4v) is 1.07. The molecule has 0 aliphatic heterocycles. The summed E-state index contributed by atoms with van der Waals surface area (Å²) < 4.78 is 0. The van der Waals surface area contributed by atoms with Crippen molar-refractivity contribution in [1.82, 2.24) is 4.98 Å². The van der Waals surface area contributed by atoms with Crippen LogP contribution in [0.3, 0.4) is 0 Å². The van der Waals surface area contributed by atoms with E-state index < -0.39 is 0 Å². The van der Waals surface area contributed by atoms with Crippen molar-refractivity contribution in [3.05, 3.63) is 69.6 Å². The first kappa shape index (κ1) is 16.4. The van der Waals surface area contributed by atoms with Gasteiger partial charge in [-0.1, -0.05) is 12.1 Å². The predicted octanol–water partition coefficient (Wildman–Crippen LogP) is 3.45. The SMILES string of the molecule is [CH3-].[CH3-].[Ir+3].[c-]1ccccc1-c1ccccn1. The summed E-state index contributed by atoms with van der Waals surface area (Å²) in [6.45, 7) is 0. The maximum absolute atomic E-state index is 4.22. The molecule has 2 heteroatoms. The molecular weight excluding hydrogens is 362 g/mol. The van der Waals surface area contributed by atoms with Crippen molar-refractivity contribution in [2.75, 3.05) is 0 Å². The number of nitrogens with zero attached hydrogens (tertiary/aromatic N) is 1. The molecule has 0 aliphatic rings. The van der Waals surface area contributed by atoms with E-state index in [0.717, 1.165) is 11.3 Å². The quantitative estimate of drug-likeness (QED) is 0.695. The van der Waals surface area contributed by atoms with Gasteiger partial charge in [0, 0.05) is 6.20 Å². The summed E-state index contributed by atoms with van der Waals surface area (Å²) in [6, 6.07) is 16.8. The average Bonchev–Trinajstić information content (AvgIpc) is 2.21. The van der Waals surface area contributed by atoms with Gasteiger partial charge in [-0.25, -0.2) is 0 Å². The molecule has 0 spiro atoms. The van der Waals surface area contributed by atoms with Crippen molar-refractivity contribution in [1.29, 1.82) is 0 Å². The zero-order valence-corrected chi connectivity index (χ0v) is 11.3. The fraction of sp³-hybridized carbons (Fsp3) is 0. The minimum Gasteiger partial charge on any atom is -0.358 e. The van der Waals surface area contributed by atoms with Gasteiger partial charge in [0.15, 0.2) is 0 Å². The van der Waals surface area contributed by atoms with Crippen molar-refractivity contribution in [2.24, 2.45) is 0 Å². The smallest absolute Gasteiger partial charge is 0.358 e. The summed E-state index contributed by atoms with van der Waals surface area (Å²) in [5.41, 5.74) is 2.01. The zero-order valence-electron chi connectivity index (χ0n) is 8.90. The van der Waals surface area contributed by atoms with Gasteiger partial charge in [-0.15, -0.1) is 35.9 Å². The third-order valence-electron chi connectivity index (χ3n) is 1.65. The van der Waals surface area contributed by atoms with Crippen LogP contribution in [-0.2, 0) is 20.1 Å². The van der Waals surface area contributed by atoms with Crippen molar-refractivity contribution >= 4 is 0 Å². The van der Waals surface area contributed by atoms with E-state index in [-0.39, 0.29) is 35.0 Å². The molecule has 0 saturated heterocycles. The van der Waals surface area contributed by atoms with Gasteiger partial charge >= 0.3 is 20.1 Å². The summed E-state index contributed by atoms with van der Waals surface area (Å²) in [6.07, 6.45) is 1.79. The Balaban J connectivity index is 0. The summed E-state index contributed by atoms with van der Waals surface area (Å²) in [5, 5.41) is 0. The standard InChI is InChI=1S/C11H8N.2CH3.Ir/c1-2-6-10(7-3-1)11-8-4-5-9-12-11;;;/h1-6,8-9H;2*1H3;/q3*-1;+3. The van der Waals surface area contributed by atoms with Gasteiger partial charge in [0.05, 0.1) is 0 Å². The monoisotopic (exact) mass is 377 g/mol. The largest absolute Gasteiger partial charge is 3.00 e. The predicted molar refractivity (Wildman–Crippen MR) is 61.3 cm³/mol. The van der Waals surface area contributed by atoms with Crippen molar-refractivity contribution in [2.45, 2.75) is 0 Å². The maximum Gasteiger partial charge on any atom is 3.00 e. The molecule has 1 aromatic heterocycles. The van der Waals surface area contributed by atoms with Crippen molar-refractivity contribution < 1.29 is 20.1 Å². The summed E-state index contributed by atoms with van der Waals surface area (Å²) in [7, 11) is 0. The summed E-state index contributed by atoms with van der Waals surface area (Å²) >= 11 is 0. The number of aromatic nitrogens is 1. The average molecular weight is 376 g/mol. The maximum atomic E-state index is 4.22. The fourth-order valence-electron chi connectivity index (χ4n) is 1.07. The molecule has 0 radical (unpaired) electrons. The normalized spacial score (nSPS) is 7.73. The molecule has 0 N–H and O–H groups in total. The second-order valence-corrected chi connectivity index (χ2v) is 2.49. The second-order valence-electron chi connectivity index (χ2n) is 2.49. The van der Waals surface area contributed by atoms with Crippen LogP contribution < -0.4 is 0 Å². The van der Waals surface area contributed by atoms with Crippen molar-refractivity contribution in [3.63, 3.8) is 0 Å². The van der Waals surface area contributed by atoms with Crippen LogP contribution in [0.5, 0.6) is 0 Å². The van der Waals surface area contributed by atoms with Crippen LogP contribution in [0.25, 0.3) is 11.3 Å². The zero-order chi connectivity index (χ0) is 8.23. The second kappa shape index (κ2) is 8.34. The Morgan fingerprint density at radius 2 is 1.67 bits per heavy atom. The molecule has 1 heterocycles. The third kappa shape index (κ3) is 4.37. The van der Waals surface area contributed by atoms with Crippen LogP contribution in [0.1, 0.15) is 0 Å². The first-order valence-corrected chi connectivity index (χ1v) is 3.85. The molecule has 80 valence electrons. The van der Waals surface area contributed by atoms with Gasteiger partial charge in [-0.3, -0.25) is 0 Å². The Kier molecular flexibility index (Phi) is 9.14. The molecule has 0 saturated carbocycles. The molecular formula is C13H14IrN. The molecule has 2 aromatic rings. The van der Waals surface area contributed by atoms with Crippen molar-refractivity contribution in [3.8, 4) is 11.3 Å². The molecule has 0 unspecified atom stereocenters. The Morgan fingerprint density at radius 1 is 0.933 bits per heavy atom. The first-order chi connectivity index (χ1) is 5.97. The number of pyridine rings is 1. The molecule has 0 aliphatic carbocycles. The van der Waals surface area contributed by atoms with Gasteiger partial charge in [0.2, 0.25) is 0 Å². The Morgan fingerprint density at radius 3 is 2.20 bits per heavy atom. The summed E-state index contributed by atoms with van der Waals surface area (Å²) in [4.78, 5) is 4.22. The number of hydrogen-bond acceptors (Lipinski definition) is 1. The molecule has 0 amide bonds. The third-order valence-corrected chi connectivity index (χ3v) is 1.65. The van der Waals surface area contributed by atoms with Gasteiger partial charge in [-0.05, 0) is 11.8 Å². The molecule has 0 bridgehead atoms. The van der Waals surface area contributed by atoms with E-state index in [1.165, 1.54) is 0 Å². The Hall–Kier alpha value is -0.981. The Bertz CT molecular complexity index is 308. The molecule has 1 nitrogen and oxygen atoms in total. The van der Waals surface area contributed by atoms with E-state index in [1.807, 2.05) is 42.5 Å². The number of hydrogen-bond donors (Lipinski definition) is 0. The number of benzene rings is 1. The van der Waals surface area contributed by atoms with Gasteiger partial charge < -0.3 is 19.8 Å². The Labute approximate surface area is 106 Å². The molecule has 1 aromatic carbocycles. The van der Waals surface area contributed by atoms with E-state index in [0.29, 0.717) is 0 Å². The summed E-state index contributed by atoms with van der Waals surface area (Å²) in [5.74, 6) is 0. The van der Waals surface area contributed by atoms with E-state index in [2.05, 4.69) is 11.1 Å². The van der Waals surface area contributed by atoms with Gasteiger partial charge in [-0.2, -0.15) is 0 Å². The number of rotatable bonds is 1. The van der Waals surface area contributed by atoms with E-state index in [1.54, 1.807) is 6.20 Å². The van der Waals surface area contributed by atoms with Gasteiger partial charge in [0.25, 0.3) is 0 Å². The first-order valence-electron chi connectivity index (χ1n) is 3.85. The molecule has 15 heavy (non-hydrogen) atoms. The van der Waals surface area contributed by atoms with Crippen LogP contribution >= 0.6 is 0 Å². The minimum absolute atomic E-state index is 0. The van der Waals surface area contributed by atoms with Crippen LogP contribution in [-0.4, -0.2) is 4.98 Å². The topological polar surface area (TPSA) is 12.9 Å². The van der Waals surface area contributed by atoms with Crippen LogP contribution in [0.2, 0.25) is 0 Å². The van der Waals surface area contributed by atoms with E-state index in [9.17, 15) is 0 Å². The van der Waals surface area contributed by atoms with Gasteiger partial charge in [0.1, 0.15) is 0 Å². The molecule has 0 fully saturated rings. The van der Waals surface area contributed by atoms with Crippen LogP contribution in [0.15, 0.2) is 48.7 Å². The minimum atomic E-state index is 0. The molecule has 2 rings (SSSR count).